The van der Waals surface area contributed by atoms with Crippen LogP contribution in [-0.2, 0) is 9.53 Å². The fourth-order valence-electron chi connectivity index (χ4n) is 1.72. The topological polar surface area (TPSA) is 78.3 Å². The minimum absolute atomic E-state index is 0.0223. The van der Waals surface area contributed by atoms with Gasteiger partial charge in [0.05, 0.1) is 13.2 Å². The maximum atomic E-state index is 11.3. The second-order valence-electron chi connectivity index (χ2n) is 3.41. The van der Waals surface area contributed by atoms with Crippen LogP contribution in [0.3, 0.4) is 0 Å². The molecule has 0 unspecified atom stereocenters. The van der Waals surface area contributed by atoms with Gasteiger partial charge in [-0.25, -0.2) is 0 Å². The molecule has 0 aliphatic carbocycles. The van der Waals surface area contributed by atoms with Crippen molar-refractivity contribution in [1.82, 2.24) is 4.90 Å². The number of nitrogens with zero attached hydrogens (tertiary/aromatic N) is 4. The molecule has 0 aromatic carbocycles. The summed E-state index contributed by atoms with van der Waals surface area (Å²) in [5, 5.41) is 3.64. The van der Waals surface area contributed by atoms with Crippen LogP contribution in [0.15, 0.2) is 5.11 Å². The maximum absolute atomic E-state index is 11.3. The molecule has 14 heavy (non-hydrogen) atoms. The van der Waals surface area contributed by atoms with Crippen molar-refractivity contribution >= 4 is 5.97 Å². The predicted molar refractivity (Wildman–Crippen MR) is 50.6 cm³/mol. The fourth-order valence-corrected chi connectivity index (χ4v) is 1.72. The van der Waals surface area contributed by atoms with Crippen molar-refractivity contribution in [2.24, 2.45) is 5.11 Å². The van der Waals surface area contributed by atoms with E-state index in [4.69, 9.17) is 5.53 Å². The van der Waals surface area contributed by atoms with E-state index in [0.29, 0.717) is 13.0 Å². The van der Waals surface area contributed by atoms with Crippen molar-refractivity contribution in [2.75, 3.05) is 20.7 Å². The zero-order valence-corrected chi connectivity index (χ0v) is 8.38. The molecule has 0 saturated carbocycles. The van der Waals surface area contributed by atoms with Crippen molar-refractivity contribution in [3.05, 3.63) is 10.4 Å². The molecule has 0 amide bonds. The van der Waals surface area contributed by atoms with Crippen LogP contribution >= 0.6 is 0 Å². The first-order valence-electron chi connectivity index (χ1n) is 4.51. The number of esters is 1. The number of carbonyl (C=O) groups excluding carboxylic acids is 1. The Morgan fingerprint density at radius 1 is 1.64 bits per heavy atom. The Balaban J connectivity index is 2.55. The van der Waals surface area contributed by atoms with Gasteiger partial charge in [-0.3, -0.25) is 9.69 Å². The Hall–Kier alpha value is -1.26. The number of rotatable bonds is 2. The highest BCUT2D eigenvalue weighted by molar-refractivity contribution is 5.75. The van der Waals surface area contributed by atoms with E-state index in [-0.39, 0.29) is 18.1 Å². The molecule has 2 atom stereocenters. The summed E-state index contributed by atoms with van der Waals surface area (Å²) in [6.45, 7) is 0.615. The van der Waals surface area contributed by atoms with Gasteiger partial charge in [0.2, 0.25) is 0 Å². The zero-order valence-electron chi connectivity index (χ0n) is 8.38. The summed E-state index contributed by atoms with van der Waals surface area (Å²) in [6.07, 6.45) is 1.43. The standard InChI is InChI=1S/C8H14N4O2/c1-12-5-6(10-11-9)3-4-7(12)8(13)14-2/h6-7H,3-5H2,1-2H3/t6-,7+/m1/s1. The molecule has 0 spiro atoms. The van der Waals surface area contributed by atoms with Gasteiger partial charge in [-0.05, 0) is 25.4 Å². The average molecular weight is 198 g/mol. The summed E-state index contributed by atoms with van der Waals surface area (Å²) in [7, 11) is 3.22. The monoisotopic (exact) mass is 198 g/mol. The molecular weight excluding hydrogens is 184 g/mol. The highest BCUT2D eigenvalue weighted by Crippen LogP contribution is 2.18. The van der Waals surface area contributed by atoms with Gasteiger partial charge in [-0.1, -0.05) is 5.11 Å². The number of piperidine rings is 1. The van der Waals surface area contributed by atoms with Gasteiger partial charge < -0.3 is 4.74 Å². The molecule has 6 nitrogen and oxygen atoms in total. The molecule has 0 N–H and O–H groups in total. The minimum Gasteiger partial charge on any atom is -0.468 e. The highest BCUT2D eigenvalue weighted by Gasteiger charge is 2.30. The zero-order chi connectivity index (χ0) is 10.6. The quantitative estimate of drug-likeness (QED) is 0.286. The second-order valence-corrected chi connectivity index (χ2v) is 3.41. The molecule has 0 bridgehead atoms. The second kappa shape index (κ2) is 4.83. The molecule has 1 aliphatic rings. The van der Waals surface area contributed by atoms with Crippen LogP contribution in [0.2, 0.25) is 0 Å². The minimum atomic E-state index is -0.216. The van der Waals surface area contributed by atoms with E-state index in [1.54, 1.807) is 0 Å². The van der Waals surface area contributed by atoms with Crippen molar-refractivity contribution in [1.29, 1.82) is 0 Å². The van der Waals surface area contributed by atoms with Crippen LogP contribution in [0.5, 0.6) is 0 Å². The third-order valence-corrected chi connectivity index (χ3v) is 2.49. The number of carbonyl (C=O) groups is 1. The van der Waals surface area contributed by atoms with Crippen LogP contribution in [0.1, 0.15) is 12.8 Å². The number of azide groups is 1. The Morgan fingerprint density at radius 2 is 2.36 bits per heavy atom. The summed E-state index contributed by atoms with van der Waals surface area (Å²) in [5.41, 5.74) is 8.27. The number of methoxy groups -OCH3 is 1. The summed E-state index contributed by atoms with van der Waals surface area (Å²) in [6, 6.07) is -0.212. The first-order valence-corrected chi connectivity index (χ1v) is 4.51. The average Bonchev–Trinajstić information content (AvgIpc) is 2.17. The first kappa shape index (κ1) is 10.8. The Morgan fingerprint density at radius 3 is 2.86 bits per heavy atom. The van der Waals surface area contributed by atoms with E-state index >= 15 is 0 Å². The smallest absolute Gasteiger partial charge is 0.323 e. The lowest BCUT2D eigenvalue weighted by Gasteiger charge is -2.33. The van der Waals surface area contributed by atoms with E-state index in [0.717, 1.165) is 6.42 Å². The van der Waals surface area contributed by atoms with Gasteiger partial charge in [0.15, 0.2) is 0 Å². The molecule has 1 fully saturated rings. The number of hydrogen-bond acceptors (Lipinski definition) is 4. The van der Waals surface area contributed by atoms with Gasteiger partial charge in [0, 0.05) is 11.5 Å². The largest absolute Gasteiger partial charge is 0.468 e. The van der Waals surface area contributed by atoms with Crippen LogP contribution in [0.25, 0.3) is 10.4 Å². The molecule has 6 heteroatoms. The van der Waals surface area contributed by atoms with Gasteiger partial charge >= 0.3 is 5.97 Å². The molecule has 1 rings (SSSR count). The lowest BCUT2D eigenvalue weighted by Crippen LogP contribution is -2.47. The normalized spacial score (nSPS) is 27.9. The van der Waals surface area contributed by atoms with E-state index in [1.165, 1.54) is 7.11 Å². The van der Waals surface area contributed by atoms with Crippen molar-refractivity contribution in [3.8, 4) is 0 Å². The van der Waals surface area contributed by atoms with Gasteiger partial charge in [-0.15, -0.1) is 0 Å². The lowest BCUT2D eigenvalue weighted by molar-refractivity contribution is -0.147. The summed E-state index contributed by atoms with van der Waals surface area (Å²) in [5.74, 6) is -0.216. The van der Waals surface area contributed by atoms with Crippen LogP contribution in [0.4, 0.5) is 0 Å². The van der Waals surface area contributed by atoms with E-state index < -0.39 is 0 Å². The summed E-state index contributed by atoms with van der Waals surface area (Å²) >= 11 is 0. The van der Waals surface area contributed by atoms with Crippen LogP contribution in [-0.4, -0.2) is 43.7 Å². The SMILES string of the molecule is COC(=O)[C@@H]1CC[C@@H](N=[N+]=[N-])CN1C. The molecule has 0 aromatic rings. The van der Waals surface area contributed by atoms with Crippen molar-refractivity contribution in [2.45, 2.75) is 24.9 Å². The van der Waals surface area contributed by atoms with Gasteiger partial charge in [0.1, 0.15) is 6.04 Å². The van der Waals surface area contributed by atoms with Crippen LogP contribution in [0, 0.1) is 0 Å². The Bertz CT molecular complexity index is 262. The van der Waals surface area contributed by atoms with Gasteiger partial charge in [0.25, 0.3) is 0 Å². The lowest BCUT2D eigenvalue weighted by atomic mass is 10.00. The number of likely N-dealkylation sites (tertiary alicyclic amines) is 1. The van der Waals surface area contributed by atoms with E-state index in [2.05, 4.69) is 14.8 Å². The molecule has 1 heterocycles. The van der Waals surface area contributed by atoms with Crippen LogP contribution < -0.4 is 0 Å². The fraction of sp³-hybridized carbons (Fsp3) is 0.875. The molecule has 0 aromatic heterocycles. The molecule has 0 radical (unpaired) electrons. The molecule has 78 valence electrons. The third kappa shape index (κ3) is 2.37. The maximum Gasteiger partial charge on any atom is 0.323 e. The predicted octanol–water partition coefficient (Wildman–Crippen LogP) is 0.932. The Kier molecular flexibility index (Phi) is 3.73. The highest BCUT2D eigenvalue weighted by atomic mass is 16.5. The van der Waals surface area contributed by atoms with E-state index in [9.17, 15) is 4.79 Å². The summed E-state index contributed by atoms with van der Waals surface area (Å²) < 4.78 is 4.67. The number of ether oxygens (including phenoxy) is 1. The molecule has 1 aliphatic heterocycles. The number of likely N-dealkylation sites (N-methyl/N-ethyl adjacent to an activating group) is 1. The first-order chi connectivity index (χ1) is 6.69. The summed E-state index contributed by atoms with van der Waals surface area (Å²) in [4.78, 5) is 15.9. The van der Waals surface area contributed by atoms with Gasteiger partial charge in [-0.2, -0.15) is 0 Å². The van der Waals surface area contributed by atoms with Crippen molar-refractivity contribution in [3.63, 3.8) is 0 Å². The molecule has 1 saturated heterocycles. The Labute approximate surface area is 82.5 Å². The van der Waals surface area contributed by atoms with E-state index in [1.807, 2.05) is 11.9 Å². The third-order valence-electron chi connectivity index (χ3n) is 2.49. The number of hydrogen-bond donors (Lipinski definition) is 0. The van der Waals surface area contributed by atoms with Crippen molar-refractivity contribution < 1.29 is 9.53 Å². The molecular formula is C8H14N4O2.